The molecule has 23 heavy (non-hydrogen) atoms. The van der Waals surface area contributed by atoms with Crippen molar-refractivity contribution < 1.29 is 33.7 Å². The van der Waals surface area contributed by atoms with Gasteiger partial charge in [-0.25, -0.2) is 14.4 Å². The Morgan fingerprint density at radius 3 is 2.22 bits per heavy atom. The van der Waals surface area contributed by atoms with Crippen molar-refractivity contribution >= 4 is 34.7 Å². The van der Waals surface area contributed by atoms with Crippen LogP contribution < -0.4 is 0 Å². The summed E-state index contributed by atoms with van der Waals surface area (Å²) in [6, 6.07) is -0.797. The maximum atomic E-state index is 12.0. The number of hydrogen-bond acceptors (Lipinski definition) is 9. The molecule has 1 unspecified atom stereocenters. The minimum atomic E-state index is -1.06. The summed E-state index contributed by atoms with van der Waals surface area (Å²) >= 11 is 1.05. The van der Waals surface area contributed by atoms with Crippen LogP contribution in [0.1, 0.15) is 20.8 Å². The van der Waals surface area contributed by atoms with Crippen molar-refractivity contribution in [2.45, 2.75) is 26.8 Å². The van der Waals surface area contributed by atoms with Crippen LogP contribution in [0.5, 0.6) is 0 Å². The number of nitrogens with zero attached hydrogens (tertiary/aromatic N) is 1. The Balaban J connectivity index is 3.13. The number of aliphatic hydroxyl groups is 1. The fourth-order valence-corrected chi connectivity index (χ4v) is 2.71. The summed E-state index contributed by atoms with van der Waals surface area (Å²) in [5, 5.41) is 10.0. The quantitative estimate of drug-likeness (QED) is 0.315. The molecule has 1 heterocycles. The van der Waals surface area contributed by atoms with Crippen LogP contribution in [-0.2, 0) is 28.6 Å². The molecular formula is C14H19NO7S. The molecule has 0 aromatic heterocycles. The van der Waals surface area contributed by atoms with Crippen LogP contribution in [-0.4, -0.2) is 59.7 Å². The second kappa shape index (κ2) is 9.19. The third kappa shape index (κ3) is 4.98. The van der Waals surface area contributed by atoms with E-state index in [4.69, 9.17) is 9.47 Å². The molecule has 1 aliphatic rings. The zero-order valence-corrected chi connectivity index (χ0v) is 14.0. The molecule has 9 heteroatoms. The van der Waals surface area contributed by atoms with Crippen LogP contribution in [0.15, 0.2) is 16.3 Å². The highest BCUT2D eigenvalue weighted by Gasteiger charge is 2.34. The molecule has 0 radical (unpaired) electrons. The highest BCUT2D eigenvalue weighted by molar-refractivity contribution is 8.14. The van der Waals surface area contributed by atoms with Gasteiger partial charge in [-0.2, -0.15) is 0 Å². The van der Waals surface area contributed by atoms with Crippen molar-refractivity contribution in [1.29, 1.82) is 0 Å². The van der Waals surface area contributed by atoms with Gasteiger partial charge in [-0.05, 0) is 20.8 Å². The largest absolute Gasteiger partial charge is 0.501 e. The number of rotatable bonds is 7. The van der Waals surface area contributed by atoms with Crippen LogP contribution in [0, 0.1) is 0 Å². The molecule has 8 nitrogen and oxygen atoms in total. The zero-order valence-electron chi connectivity index (χ0n) is 13.2. The first-order valence-electron chi connectivity index (χ1n) is 7.11. The van der Waals surface area contributed by atoms with Gasteiger partial charge in [0.15, 0.2) is 6.04 Å². The Hall–Kier alpha value is -2.03. The summed E-state index contributed by atoms with van der Waals surface area (Å²) < 4.78 is 14.4. The first-order chi connectivity index (χ1) is 11.0. The maximum absolute atomic E-state index is 12.0. The molecule has 0 saturated heterocycles. The summed E-state index contributed by atoms with van der Waals surface area (Å²) in [6.07, 6.45) is 0. The Labute approximate surface area is 137 Å². The van der Waals surface area contributed by atoms with Crippen molar-refractivity contribution in [1.82, 2.24) is 0 Å². The standard InChI is InChI=1S/C14H19NO7S/c1-4-20-12(17)8-7-23-11(15-8)9(13(18)21-5-2)10(16)14(19)22-6-3/h8,16H,4-7H2,1-3H3/b10-9-. The number of hydrogen-bond donors (Lipinski definition) is 1. The van der Waals surface area contributed by atoms with E-state index in [1.807, 2.05) is 0 Å². The molecule has 1 aliphatic heterocycles. The fourth-order valence-electron chi connectivity index (χ4n) is 1.66. The average molecular weight is 345 g/mol. The van der Waals surface area contributed by atoms with E-state index in [-0.39, 0.29) is 30.6 Å². The normalized spacial score (nSPS) is 17.9. The van der Waals surface area contributed by atoms with E-state index in [1.165, 1.54) is 0 Å². The third-order valence-electron chi connectivity index (χ3n) is 2.61. The summed E-state index contributed by atoms with van der Waals surface area (Å²) in [6.45, 7) is 5.11. The van der Waals surface area contributed by atoms with Crippen LogP contribution in [0.25, 0.3) is 0 Å². The van der Waals surface area contributed by atoms with E-state index >= 15 is 0 Å². The van der Waals surface area contributed by atoms with Crippen molar-refractivity contribution in [3.05, 3.63) is 11.3 Å². The van der Waals surface area contributed by atoms with Crippen LogP contribution >= 0.6 is 11.8 Å². The molecule has 128 valence electrons. The molecule has 0 aliphatic carbocycles. The smallest absolute Gasteiger partial charge is 0.374 e. The van der Waals surface area contributed by atoms with Crippen LogP contribution in [0.3, 0.4) is 0 Å². The van der Waals surface area contributed by atoms with Gasteiger partial charge in [0, 0.05) is 5.75 Å². The van der Waals surface area contributed by atoms with Crippen LogP contribution in [0.4, 0.5) is 0 Å². The lowest BCUT2D eigenvalue weighted by Crippen LogP contribution is -2.22. The molecule has 1 atom stereocenters. The monoisotopic (exact) mass is 345 g/mol. The highest BCUT2D eigenvalue weighted by atomic mass is 32.2. The molecule has 1 N–H and O–H groups in total. The second-order valence-corrected chi connectivity index (χ2v) is 5.19. The number of ether oxygens (including phenoxy) is 3. The molecule has 0 aromatic carbocycles. The van der Waals surface area contributed by atoms with Gasteiger partial charge in [-0.15, -0.1) is 11.8 Å². The Morgan fingerprint density at radius 1 is 1.09 bits per heavy atom. The highest BCUT2D eigenvalue weighted by Crippen LogP contribution is 2.26. The topological polar surface area (TPSA) is 111 Å². The lowest BCUT2D eigenvalue weighted by Gasteiger charge is -2.09. The minimum Gasteiger partial charge on any atom is -0.501 e. The maximum Gasteiger partial charge on any atom is 0.374 e. The lowest BCUT2D eigenvalue weighted by molar-refractivity contribution is -0.144. The number of aliphatic hydroxyl groups excluding tert-OH is 1. The van der Waals surface area contributed by atoms with Crippen molar-refractivity contribution in [3.63, 3.8) is 0 Å². The van der Waals surface area contributed by atoms with Gasteiger partial charge in [0.1, 0.15) is 10.6 Å². The Kier molecular flexibility index (Phi) is 7.60. The van der Waals surface area contributed by atoms with E-state index in [9.17, 15) is 19.5 Å². The number of thioether (sulfide) groups is 1. The van der Waals surface area contributed by atoms with E-state index in [1.54, 1.807) is 20.8 Å². The number of aliphatic imine (C=N–C) groups is 1. The molecule has 0 aromatic rings. The Morgan fingerprint density at radius 2 is 1.65 bits per heavy atom. The summed E-state index contributed by atoms with van der Waals surface area (Å²) in [5.41, 5.74) is -0.401. The molecular weight excluding hydrogens is 326 g/mol. The van der Waals surface area contributed by atoms with Crippen LogP contribution in [0.2, 0.25) is 0 Å². The van der Waals surface area contributed by atoms with Gasteiger partial charge in [0.05, 0.1) is 19.8 Å². The first kappa shape index (κ1) is 19.0. The number of carbonyl (C=O) groups is 3. The lowest BCUT2D eigenvalue weighted by atomic mass is 10.2. The predicted molar refractivity (Wildman–Crippen MR) is 83.2 cm³/mol. The number of esters is 3. The molecule has 1 rings (SSSR count). The van der Waals surface area contributed by atoms with Gasteiger partial charge >= 0.3 is 17.9 Å². The van der Waals surface area contributed by atoms with Crippen molar-refractivity contribution in [2.24, 2.45) is 4.99 Å². The van der Waals surface area contributed by atoms with E-state index in [0.29, 0.717) is 0 Å². The predicted octanol–water partition coefficient (Wildman–Crippen LogP) is 1.00. The Bertz CT molecular complexity index is 541. The van der Waals surface area contributed by atoms with Crippen molar-refractivity contribution in [2.75, 3.05) is 25.6 Å². The van der Waals surface area contributed by atoms with E-state index in [0.717, 1.165) is 11.8 Å². The zero-order chi connectivity index (χ0) is 17.4. The molecule has 0 amide bonds. The second-order valence-electron chi connectivity index (χ2n) is 4.18. The van der Waals surface area contributed by atoms with Gasteiger partial charge in [-0.3, -0.25) is 4.99 Å². The molecule has 0 bridgehead atoms. The average Bonchev–Trinajstić information content (AvgIpc) is 2.97. The van der Waals surface area contributed by atoms with E-state index < -0.39 is 35.3 Å². The van der Waals surface area contributed by atoms with Gasteiger partial charge in [0.25, 0.3) is 0 Å². The molecule has 0 spiro atoms. The molecule has 0 saturated carbocycles. The van der Waals surface area contributed by atoms with Gasteiger partial charge < -0.3 is 19.3 Å². The SMILES string of the molecule is CCOC(=O)/C(O)=C(/C(=O)OCC)C1=NC(C(=O)OCC)CS1. The molecule has 0 fully saturated rings. The number of carbonyl (C=O) groups excluding carboxylic acids is 3. The van der Waals surface area contributed by atoms with E-state index in [2.05, 4.69) is 9.73 Å². The summed E-state index contributed by atoms with van der Waals surface area (Å²) in [7, 11) is 0. The third-order valence-corrected chi connectivity index (χ3v) is 3.67. The first-order valence-corrected chi connectivity index (χ1v) is 8.09. The summed E-state index contributed by atoms with van der Waals surface area (Å²) in [4.78, 5) is 39.4. The fraction of sp³-hybridized carbons (Fsp3) is 0.571. The van der Waals surface area contributed by atoms with Gasteiger partial charge in [0.2, 0.25) is 5.76 Å². The van der Waals surface area contributed by atoms with Gasteiger partial charge in [-0.1, -0.05) is 0 Å². The summed E-state index contributed by atoms with van der Waals surface area (Å²) in [5.74, 6) is -3.14. The minimum absolute atomic E-state index is 0.0318. The van der Waals surface area contributed by atoms with Crippen molar-refractivity contribution in [3.8, 4) is 0 Å².